The first-order valence-corrected chi connectivity index (χ1v) is 11.1. The predicted molar refractivity (Wildman–Crippen MR) is 121 cm³/mol. The third kappa shape index (κ3) is 6.09. The number of fused-ring (bicyclic) bond motifs is 3. The summed E-state index contributed by atoms with van der Waals surface area (Å²) in [5.41, 5.74) is 4.63. The Morgan fingerprint density at radius 3 is 2.25 bits per heavy atom. The maximum Gasteiger partial charge on any atom is 0.407 e. The molecule has 0 bridgehead atoms. The second kappa shape index (κ2) is 11.3. The van der Waals surface area contributed by atoms with Crippen LogP contribution in [0.2, 0.25) is 0 Å². The largest absolute Gasteiger partial charge is 0.481 e. The summed E-state index contributed by atoms with van der Waals surface area (Å²) >= 11 is 0. The Morgan fingerprint density at radius 2 is 1.66 bits per heavy atom. The molecule has 0 radical (unpaired) electrons. The van der Waals surface area contributed by atoms with Crippen LogP contribution in [0.25, 0.3) is 11.1 Å². The maximum atomic E-state index is 12.5. The standard InChI is InChI=1S/C25H30N2O5/c1-2-8-17(15-23(28)26-14-7-13-24(29)30)27-25(31)32-16-22-20-11-5-3-9-18(20)19-10-4-6-12-21(19)22/h3-6,9-12,17,22H,2,7-8,13-16H2,1H3,(H,26,28)(H,27,31)(H,29,30)/t17-/m1/s1. The molecule has 170 valence electrons. The lowest BCUT2D eigenvalue weighted by atomic mass is 9.98. The molecule has 3 N–H and O–H groups in total. The van der Waals surface area contributed by atoms with E-state index in [1.165, 1.54) is 11.1 Å². The third-order valence-electron chi connectivity index (χ3n) is 5.62. The molecule has 0 saturated heterocycles. The molecular weight excluding hydrogens is 408 g/mol. The number of rotatable bonds is 11. The molecule has 1 aliphatic carbocycles. The number of benzene rings is 2. The van der Waals surface area contributed by atoms with Crippen molar-refractivity contribution in [3.63, 3.8) is 0 Å². The minimum absolute atomic E-state index is 0.0106. The Morgan fingerprint density at radius 1 is 1.03 bits per heavy atom. The van der Waals surface area contributed by atoms with Gasteiger partial charge in [-0.25, -0.2) is 4.79 Å². The fourth-order valence-electron chi connectivity index (χ4n) is 4.14. The summed E-state index contributed by atoms with van der Waals surface area (Å²) in [5, 5.41) is 14.2. The van der Waals surface area contributed by atoms with Gasteiger partial charge in [-0.2, -0.15) is 0 Å². The van der Waals surface area contributed by atoms with Crippen molar-refractivity contribution in [2.24, 2.45) is 0 Å². The molecule has 7 nitrogen and oxygen atoms in total. The molecule has 0 heterocycles. The third-order valence-corrected chi connectivity index (χ3v) is 5.62. The molecule has 32 heavy (non-hydrogen) atoms. The predicted octanol–water partition coefficient (Wildman–Crippen LogP) is 4.06. The number of ether oxygens (including phenoxy) is 1. The summed E-state index contributed by atoms with van der Waals surface area (Å²) in [6, 6.07) is 16.0. The molecule has 0 spiro atoms. The van der Waals surface area contributed by atoms with Crippen molar-refractivity contribution < 1.29 is 24.2 Å². The van der Waals surface area contributed by atoms with Gasteiger partial charge in [-0.05, 0) is 35.1 Å². The van der Waals surface area contributed by atoms with Gasteiger partial charge in [0.1, 0.15) is 6.61 Å². The van der Waals surface area contributed by atoms with Gasteiger partial charge in [0.05, 0.1) is 0 Å². The van der Waals surface area contributed by atoms with Crippen LogP contribution in [0.15, 0.2) is 48.5 Å². The highest BCUT2D eigenvalue weighted by Gasteiger charge is 2.29. The van der Waals surface area contributed by atoms with Crippen LogP contribution in [0.5, 0.6) is 0 Å². The fourth-order valence-corrected chi connectivity index (χ4v) is 4.14. The van der Waals surface area contributed by atoms with Crippen LogP contribution < -0.4 is 10.6 Å². The van der Waals surface area contributed by atoms with Crippen LogP contribution in [0.1, 0.15) is 56.1 Å². The normalized spacial score (nSPS) is 13.0. The van der Waals surface area contributed by atoms with Gasteiger partial charge >= 0.3 is 12.1 Å². The first kappa shape index (κ1) is 23.3. The molecule has 0 aliphatic heterocycles. The molecule has 2 aromatic rings. The van der Waals surface area contributed by atoms with Crippen molar-refractivity contribution >= 4 is 18.0 Å². The average molecular weight is 439 g/mol. The first-order valence-electron chi connectivity index (χ1n) is 11.1. The Kier molecular flexibility index (Phi) is 8.25. The Labute approximate surface area is 188 Å². The summed E-state index contributed by atoms with van der Waals surface area (Å²) < 4.78 is 5.58. The lowest BCUT2D eigenvalue weighted by Gasteiger charge is -2.19. The molecule has 1 atom stereocenters. The van der Waals surface area contributed by atoms with Crippen molar-refractivity contribution in [1.82, 2.24) is 10.6 Å². The van der Waals surface area contributed by atoms with E-state index in [0.717, 1.165) is 17.5 Å². The zero-order valence-corrected chi connectivity index (χ0v) is 18.3. The van der Waals surface area contributed by atoms with Gasteiger partial charge in [0, 0.05) is 31.3 Å². The second-order valence-corrected chi connectivity index (χ2v) is 8.01. The van der Waals surface area contributed by atoms with E-state index in [-0.39, 0.29) is 37.3 Å². The van der Waals surface area contributed by atoms with Crippen molar-refractivity contribution in [2.75, 3.05) is 13.2 Å². The Bertz CT molecular complexity index is 913. The van der Waals surface area contributed by atoms with Crippen molar-refractivity contribution in [3.05, 3.63) is 59.7 Å². The van der Waals surface area contributed by atoms with Crippen LogP contribution >= 0.6 is 0 Å². The van der Waals surface area contributed by atoms with Gasteiger partial charge in [-0.15, -0.1) is 0 Å². The topological polar surface area (TPSA) is 105 Å². The highest BCUT2D eigenvalue weighted by Crippen LogP contribution is 2.44. The van der Waals surface area contributed by atoms with Crippen LogP contribution in [-0.2, 0) is 14.3 Å². The van der Waals surface area contributed by atoms with Crippen molar-refractivity contribution in [1.29, 1.82) is 0 Å². The molecule has 0 fully saturated rings. The van der Waals surface area contributed by atoms with Gasteiger partial charge in [0.25, 0.3) is 0 Å². The minimum Gasteiger partial charge on any atom is -0.481 e. The molecule has 1 aliphatic rings. The van der Waals surface area contributed by atoms with E-state index in [4.69, 9.17) is 9.84 Å². The number of carboxylic acid groups (broad SMARTS) is 1. The molecule has 7 heteroatoms. The summed E-state index contributed by atoms with van der Waals surface area (Å²) in [6.07, 6.45) is 1.43. The van der Waals surface area contributed by atoms with Gasteiger partial charge in [-0.3, -0.25) is 9.59 Å². The van der Waals surface area contributed by atoms with E-state index < -0.39 is 12.1 Å². The fraction of sp³-hybridized carbons (Fsp3) is 0.400. The lowest BCUT2D eigenvalue weighted by Crippen LogP contribution is -2.40. The van der Waals surface area contributed by atoms with Gasteiger partial charge in [0.15, 0.2) is 0 Å². The van der Waals surface area contributed by atoms with Gasteiger partial charge < -0.3 is 20.5 Å². The van der Waals surface area contributed by atoms with Crippen LogP contribution in [-0.4, -0.2) is 42.3 Å². The SMILES string of the molecule is CCC[C@H](CC(=O)NCCCC(=O)O)NC(=O)OCC1c2ccccc2-c2ccccc21. The van der Waals surface area contributed by atoms with E-state index in [0.29, 0.717) is 19.4 Å². The number of carbonyl (C=O) groups is 3. The van der Waals surface area contributed by atoms with E-state index in [1.807, 2.05) is 31.2 Å². The van der Waals surface area contributed by atoms with Crippen molar-refractivity contribution in [3.8, 4) is 11.1 Å². The average Bonchev–Trinajstić information content (AvgIpc) is 3.09. The molecule has 0 unspecified atom stereocenters. The summed E-state index contributed by atoms with van der Waals surface area (Å²) in [6.45, 7) is 2.51. The zero-order chi connectivity index (χ0) is 22.9. The Hall–Kier alpha value is -3.35. The van der Waals surface area contributed by atoms with E-state index in [9.17, 15) is 14.4 Å². The lowest BCUT2D eigenvalue weighted by molar-refractivity contribution is -0.137. The summed E-state index contributed by atoms with van der Waals surface area (Å²) in [5.74, 6) is -1.12. The zero-order valence-electron chi connectivity index (χ0n) is 18.3. The van der Waals surface area contributed by atoms with Crippen molar-refractivity contribution in [2.45, 2.75) is 51.0 Å². The monoisotopic (exact) mass is 438 g/mol. The van der Waals surface area contributed by atoms with Crippen LogP contribution in [0.4, 0.5) is 4.79 Å². The van der Waals surface area contributed by atoms with Crippen LogP contribution in [0, 0.1) is 0 Å². The summed E-state index contributed by atoms with van der Waals surface area (Å²) in [7, 11) is 0. The number of amides is 2. The van der Waals surface area contributed by atoms with E-state index >= 15 is 0 Å². The smallest absolute Gasteiger partial charge is 0.407 e. The quantitative estimate of drug-likeness (QED) is 0.459. The van der Waals surface area contributed by atoms with Gasteiger partial charge in [-0.1, -0.05) is 61.9 Å². The van der Waals surface area contributed by atoms with E-state index in [2.05, 4.69) is 34.9 Å². The minimum atomic E-state index is -0.889. The number of hydrogen-bond donors (Lipinski definition) is 3. The number of hydrogen-bond acceptors (Lipinski definition) is 4. The maximum absolute atomic E-state index is 12.5. The highest BCUT2D eigenvalue weighted by atomic mass is 16.5. The van der Waals surface area contributed by atoms with Crippen LogP contribution in [0.3, 0.4) is 0 Å². The van der Waals surface area contributed by atoms with E-state index in [1.54, 1.807) is 0 Å². The molecule has 2 amide bonds. The number of alkyl carbamates (subject to hydrolysis) is 1. The number of aliphatic carboxylic acids is 1. The second-order valence-electron chi connectivity index (χ2n) is 8.01. The Balaban J connectivity index is 1.52. The highest BCUT2D eigenvalue weighted by molar-refractivity contribution is 5.79. The molecule has 0 saturated carbocycles. The molecule has 3 rings (SSSR count). The van der Waals surface area contributed by atoms with Gasteiger partial charge in [0.2, 0.25) is 5.91 Å². The molecule has 0 aromatic heterocycles. The molecule has 2 aromatic carbocycles. The summed E-state index contributed by atoms with van der Waals surface area (Å²) in [4.78, 5) is 35.2. The first-order chi connectivity index (χ1) is 15.5. The molecular formula is C25H30N2O5. The number of nitrogens with one attached hydrogen (secondary N) is 2. The number of carbonyl (C=O) groups excluding carboxylic acids is 2. The number of carboxylic acids is 1.